The van der Waals surface area contributed by atoms with E-state index in [0.29, 0.717) is 27.8 Å². The quantitative estimate of drug-likeness (QED) is 0.369. The van der Waals surface area contributed by atoms with Gasteiger partial charge in [-0.05, 0) is 60.6 Å². The van der Waals surface area contributed by atoms with Gasteiger partial charge in [-0.1, -0.05) is 23.7 Å². The number of ether oxygens (including phenoxy) is 1. The molecule has 1 aliphatic carbocycles. The van der Waals surface area contributed by atoms with Gasteiger partial charge >= 0.3 is 0 Å². The Labute approximate surface area is 218 Å². The molecule has 3 aromatic rings. The zero-order valence-corrected chi connectivity index (χ0v) is 22.2. The van der Waals surface area contributed by atoms with Crippen LogP contribution in [0, 0.1) is 11.8 Å². The van der Waals surface area contributed by atoms with Gasteiger partial charge in [0.1, 0.15) is 10.2 Å². The lowest BCUT2D eigenvalue weighted by Gasteiger charge is -2.31. The fraction of sp³-hybridized carbons (Fsp3) is 0.458. The lowest BCUT2D eigenvalue weighted by atomic mass is 9.82. The second-order valence-corrected chi connectivity index (χ2v) is 12.8. The van der Waals surface area contributed by atoms with E-state index in [1.807, 2.05) is 11.4 Å². The molecule has 0 bridgehead atoms. The van der Waals surface area contributed by atoms with Crippen LogP contribution < -0.4 is 16.6 Å². The molecule has 2 aromatic heterocycles. The van der Waals surface area contributed by atoms with Gasteiger partial charge in [0.25, 0.3) is 11.5 Å². The second-order valence-electron chi connectivity index (χ2n) is 9.26. The van der Waals surface area contributed by atoms with Gasteiger partial charge in [-0.15, -0.1) is 11.3 Å². The average molecular weight is 553 g/mol. The number of aromatic nitrogens is 2. The Morgan fingerprint density at radius 1 is 1.33 bits per heavy atom. The summed E-state index contributed by atoms with van der Waals surface area (Å²) < 4.78 is 29.3. The first-order valence-electron chi connectivity index (χ1n) is 11.7. The third-order valence-corrected chi connectivity index (χ3v) is 9.07. The van der Waals surface area contributed by atoms with Crippen molar-refractivity contribution in [2.24, 2.45) is 17.6 Å². The highest BCUT2D eigenvalue weighted by Crippen LogP contribution is 2.32. The first-order chi connectivity index (χ1) is 17.1. The number of thiophene rings is 1. The van der Waals surface area contributed by atoms with E-state index in [0.717, 1.165) is 36.8 Å². The van der Waals surface area contributed by atoms with Crippen molar-refractivity contribution in [3.63, 3.8) is 0 Å². The number of carbonyl (C=O) groups excluding carboxylic acids is 1. The number of hydrogen-bond acceptors (Lipinski definition) is 8. The van der Waals surface area contributed by atoms with E-state index in [1.54, 1.807) is 18.2 Å². The van der Waals surface area contributed by atoms with Crippen molar-refractivity contribution in [1.82, 2.24) is 15.3 Å². The molecule has 0 spiro atoms. The highest BCUT2D eigenvalue weighted by Gasteiger charge is 2.31. The Balaban J connectivity index is 1.32. The van der Waals surface area contributed by atoms with Crippen LogP contribution >= 0.6 is 22.9 Å². The molecular formula is C24H29ClN4O5S2. The normalized spacial score (nSPS) is 19.3. The Bertz CT molecular complexity index is 1400. The number of nitrogens with zero attached hydrogens (tertiary/aromatic N) is 1. The van der Waals surface area contributed by atoms with Crippen LogP contribution in [0.25, 0.3) is 10.2 Å². The van der Waals surface area contributed by atoms with E-state index in [2.05, 4.69) is 15.3 Å². The van der Waals surface area contributed by atoms with Gasteiger partial charge in [0.2, 0.25) is 5.82 Å². The number of H-pyrrole nitrogens is 1. The molecule has 0 aliphatic heterocycles. The maximum atomic E-state index is 12.7. The summed E-state index contributed by atoms with van der Waals surface area (Å²) in [6.45, 7) is 1.04. The van der Waals surface area contributed by atoms with Crippen LogP contribution in [0.15, 0.2) is 34.4 Å². The molecule has 1 saturated carbocycles. The van der Waals surface area contributed by atoms with E-state index < -0.39 is 21.1 Å². The van der Waals surface area contributed by atoms with Crippen LogP contribution in [-0.4, -0.2) is 42.5 Å². The van der Waals surface area contributed by atoms with Gasteiger partial charge in [0.05, 0.1) is 12.0 Å². The molecule has 4 rings (SSSR count). The van der Waals surface area contributed by atoms with Crippen LogP contribution in [0.2, 0.25) is 5.02 Å². The molecular weight excluding hydrogens is 524 g/mol. The molecule has 0 saturated heterocycles. The number of nitrogens with one attached hydrogen (secondary N) is 2. The van der Waals surface area contributed by atoms with Crippen LogP contribution in [-0.2, 0) is 27.7 Å². The van der Waals surface area contributed by atoms with Crippen LogP contribution in [0.1, 0.15) is 47.4 Å². The highest BCUT2D eigenvalue weighted by atomic mass is 35.5. The lowest BCUT2D eigenvalue weighted by molar-refractivity contribution is 0.0675. The molecule has 1 atom stereocenters. The van der Waals surface area contributed by atoms with Gasteiger partial charge in [0.15, 0.2) is 9.84 Å². The summed E-state index contributed by atoms with van der Waals surface area (Å²) >= 11 is 7.26. The Hall–Kier alpha value is -2.31. The minimum Gasteiger partial charge on any atom is -0.376 e. The summed E-state index contributed by atoms with van der Waals surface area (Å²) in [5, 5.41) is 4.76. The highest BCUT2D eigenvalue weighted by molar-refractivity contribution is 7.91. The number of hydrogen-bond donors (Lipinski definition) is 3. The molecule has 9 nitrogen and oxygen atoms in total. The molecule has 4 N–H and O–H groups in total. The summed E-state index contributed by atoms with van der Waals surface area (Å²) in [6.07, 6.45) is 4.41. The monoisotopic (exact) mass is 552 g/mol. The van der Waals surface area contributed by atoms with Crippen molar-refractivity contribution in [1.29, 1.82) is 0 Å². The summed E-state index contributed by atoms with van der Waals surface area (Å²) in [4.78, 5) is 32.7. The molecule has 1 aromatic carbocycles. The van der Waals surface area contributed by atoms with Crippen molar-refractivity contribution in [2.75, 3.05) is 12.9 Å². The number of nitrogens with two attached hydrogens (primary N) is 1. The predicted molar refractivity (Wildman–Crippen MR) is 141 cm³/mol. The number of halogens is 1. The fourth-order valence-electron chi connectivity index (χ4n) is 4.50. The third kappa shape index (κ3) is 6.51. The van der Waals surface area contributed by atoms with Gasteiger partial charge in [-0.2, -0.15) is 0 Å². The molecule has 36 heavy (non-hydrogen) atoms. The van der Waals surface area contributed by atoms with Gasteiger partial charge in [-0.3, -0.25) is 9.59 Å². The number of carbonyl (C=O) groups is 1. The average Bonchev–Trinajstić information content (AvgIpc) is 3.25. The number of rotatable bonds is 9. The number of aromatic amines is 1. The van der Waals surface area contributed by atoms with Crippen molar-refractivity contribution in [3.05, 3.63) is 62.0 Å². The SMILES string of the molecule is CS(=O)(=O)C(N)C1CCC(COCc2csc3nc(C(=O)NCc4cccc(Cl)c4)[nH]c(=O)c23)CC1. The standard InChI is InChI=1S/C24H29ClN4O5S2/c1-36(32,33)20(26)16-7-5-14(6-8-16)11-34-12-17-13-35-24-19(17)22(30)28-21(29-24)23(31)27-10-15-3-2-4-18(25)9-15/h2-4,9,13-14,16,20H,5-8,10-12,26H2,1H3,(H,27,31)(H,28,29,30). The summed E-state index contributed by atoms with van der Waals surface area (Å²) in [5.74, 6) is -0.220. The first kappa shape index (κ1) is 26.7. The van der Waals surface area contributed by atoms with Crippen LogP contribution in [0.3, 0.4) is 0 Å². The van der Waals surface area contributed by atoms with Crippen molar-refractivity contribution < 1.29 is 17.9 Å². The predicted octanol–water partition coefficient (Wildman–Crippen LogP) is 3.22. The topological polar surface area (TPSA) is 144 Å². The van der Waals surface area contributed by atoms with Crippen molar-refractivity contribution >= 4 is 48.9 Å². The molecule has 1 aliphatic rings. The maximum Gasteiger partial charge on any atom is 0.287 e. The van der Waals surface area contributed by atoms with Crippen LogP contribution in [0.5, 0.6) is 0 Å². The zero-order chi connectivity index (χ0) is 25.9. The first-order valence-corrected chi connectivity index (χ1v) is 14.9. The Kier molecular flexibility index (Phi) is 8.46. The van der Waals surface area contributed by atoms with E-state index >= 15 is 0 Å². The number of amides is 1. The molecule has 1 fully saturated rings. The fourth-order valence-corrected chi connectivity index (χ4v) is 6.61. The molecule has 2 heterocycles. The molecule has 194 valence electrons. The van der Waals surface area contributed by atoms with E-state index in [1.165, 1.54) is 17.6 Å². The van der Waals surface area contributed by atoms with E-state index in [-0.39, 0.29) is 30.5 Å². The zero-order valence-electron chi connectivity index (χ0n) is 19.8. The Morgan fingerprint density at radius 2 is 2.08 bits per heavy atom. The van der Waals surface area contributed by atoms with Gasteiger partial charge in [0, 0.05) is 30.0 Å². The Morgan fingerprint density at radius 3 is 2.78 bits per heavy atom. The van der Waals surface area contributed by atoms with E-state index in [4.69, 9.17) is 22.1 Å². The van der Waals surface area contributed by atoms with Crippen LogP contribution in [0.4, 0.5) is 0 Å². The maximum absolute atomic E-state index is 12.7. The minimum absolute atomic E-state index is 0.0152. The van der Waals surface area contributed by atoms with E-state index in [9.17, 15) is 18.0 Å². The molecule has 1 amide bonds. The van der Waals surface area contributed by atoms with Crippen molar-refractivity contribution in [2.45, 2.75) is 44.2 Å². The number of sulfone groups is 1. The lowest BCUT2D eigenvalue weighted by Crippen LogP contribution is -2.39. The van der Waals surface area contributed by atoms with Gasteiger partial charge < -0.3 is 20.8 Å². The number of benzene rings is 1. The summed E-state index contributed by atoms with van der Waals surface area (Å²) in [7, 11) is -3.24. The smallest absolute Gasteiger partial charge is 0.287 e. The molecule has 1 unspecified atom stereocenters. The third-order valence-electron chi connectivity index (χ3n) is 6.54. The van der Waals surface area contributed by atoms with Crippen molar-refractivity contribution in [3.8, 4) is 0 Å². The number of fused-ring (bicyclic) bond motifs is 1. The summed E-state index contributed by atoms with van der Waals surface area (Å²) in [5.41, 5.74) is 7.07. The summed E-state index contributed by atoms with van der Waals surface area (Å²) in [6, 6.07) is 7.14. The largest absolute Gasteiger partial charge is 0.376 e. The van der Waals surface area contributed by atoms with Gasteiger partial charge in [-0.25, -0.2) is 13.4 Å². The minimum atomic E-state index is -3.24. The molecule has 12 heteroatoms. The molecule has 0 radical (unpaired) electrons. The second kappa shape index (κ2) is 11.4.